The van der Waals surface area contributed by atoms with Gasteiger partial charge in [-0.25, -0.2) is 47.4 Å². The minimum absolute atomic E-state index is 0.0475. The maximum absolute atomic E-state index is 13.8. The first kappa shape index (κ1) is 74.7. The van der Waals surface area contributed by atoms with Gasteiger partial charge in [-0.3, -0.25) is 0 Å². The van der Waals surface area contributed by atoms with Crippen molar-refractivity contribution in [2.75, 3.05) is 64.0 Å². The molecule has 0 spiro atoms. The number of nitrogens with zero attached hydrogens (tertiary/aromatic N) is 28. The summed E-state index contributed by atoms with van der Waals surface area (Å²) in [6.45, 7) is 18.9. The normalized spacial score (nSPS) is 15.0. The second-order valence-electron chi connectivity index (χ2n) is 26.2. The van der Waals surface area contributed by atoms with Gasteiger partial charge in [0.2, 0.25) is 29.7 Å². The summed E-state index contributed by atoms with van der Waals surface area (Å²) >= 11 is 10.3. The van der Waals surface area contributed by atoms with Crippen molar-refractivity contribution < 1.29 is 13.5 Å². The summed E-state index contributed by atoms with van der Waals surface area (Å²) < 4.78 is 43.2. The molecule has 7 N–H and O–H groups in total. The van der Waals surface area contributed by atoms with E-state index in [1.807, 2.05) is 98.4 Å². The second-order valence-corrected chi connectivity index (χ2v) is 28.8. The van der Waals surface area contributed by atoms with E-state index in [0.717, 1.165) is 138 Å². The first-order valence-electron chi connectivity index (χ1n) is 35.2. The smallest absolute Gasteiger partial charge is 0.275 e. The Balaban J connectivity index is 0.000000126. The number of rotatable bonds is 28. The van der Waals surface area contributed by atoms with Crippen molar-refractivity contribution in [3.05, 3.63) is 140 Å². The quantitative estimate of drug-likeness (QED) is 0.0239. The number of hydrogen-bond donors (Lipinski definition) is 7. The Morgan fingerprint density at radius 2 is 0.757 bits per heavy atom. The van der Waals surface area contributed by atoms with E-state index in [9.17, 15) is 8.78 Å². The number of ether oxygens (including phenoxy) is 1. The highest BCUT2D eigenvalue weighted by atomic mass is 79.9. The highest BCUT2D eigenvalue weighted by molar-refractivity contribution is 9.11. The van der Waals surface area contributed by atoms with Gasteiger partial charge < -0.3 is 42.0 Å². The van der Waals surface area contributed by atoms with Gasteiger partial charge in [-0.05, 0) is 155 Å². The van der Waals surface area contributed by atoms with Crippen molar-refractivity contribution in [2.24, 2.45) is 0 Å². The highest BCUT2D eigenvalue weighted by Gasteiger charge is 2.36. The van der Waals surface area contributed by atoms with Gasteiger partial charge in [0.15, 0.2) is 0 Å². The number of anilines is 11. The van der Waals surface area contributed by atoms with Crippen molar-refractivity contribution in [3.63, 3.8) is 0 Å². The molecule has 0 aliphatic heterocycles. The van der Waals surface area contributed by atoms with Gasteiger partial charge in [0.05, 0.1) is 129 Å². The maximum atomic E-state index is 13.8. The van der Waals surface area contributed by atoms with Crippen LogP contribution in [0.5, 0.6) is 5.88 Å². The summed E-state index contributed by atoms with van der Waals surface area (Å²) in [5, 5.41) is 75.1. The molecular formula is C66H82Br3F2N35O. The van der Waals surface area contributed by atoms with Gasteiger partial charge in [0.25, 0.3) is 5.92 Å². The van der Waals surface area contributed by atoms with Gasteiger partial charge >= 0.3 is 0 Å². The minimum Gasteiger partial charge on any atom is -0.480 e. The van der Waals surface area contributed by atoms with Crippen molar-refractivity contribution in [1.29, 1.82) is 0 Å². The van der Waals surface area contributed by atoms with Crippen LogP contribution in [0.4, 0.5) is 73.3 Å². The molecule has 12 aromatic rings. The third-order valence-electron chi connectivity index (χ3n) is 17.4. The summed E-state index contributed by atoms with van der Waals surface area (Å²) in [6, 6.07) is 9.23. The zero-order valence-electron chi connectivity index (χ0n) is 60.4. The summed E-state index contributed by atoms with van der Waals surface area (Å²) in [6.07, 6.45) is 28.4. The van der Waals surface area contributed by atoms with Crippen LogP contribution >= 0.6 is 47.8 Å². The number of nitrogens with one attached hydrogen (secondary N) is 7. The Bertz CT molecular complexity index is 4740. The van der Waals surface area contributed by atoms with Crippen LogP contribution in [0.2, 0.25) is 0 Å². The topological polar surface area (TPSA) is 391 Å². The molecule has 4 saturated carbocycles. The van der Waals surface area contributed by atoms with Gasteiger partial charge in [0.1, 0.15) is 64.4 Å². The van der Waals surface area contributed by atoms with E-state index < -0.39 is 11.5 Å². The average Bonchev–Trinajstić information content (AvgIpc) is 1.64. The lowest BCUT2D eigenvalue weighted by Gasteiger charge is -2.20. The zero-order valence-corrected chi connectivity index (χ0v) is 65.1. The number of hydrogen-bond acceptors (Lipinski definition) is 28. The van der Waals surface area contributed by atoms with Crippen LogP contribution in [0.3, 0.4) is 0 Å². The lowest BCUT2D eigenvalue weighted by atomic mass is 10.0. The largest absolute Gasteiger partial charge is 0.480 e. The molecular weight excluding hydrogens is 1580 g/mol. The van der Waals surface area contributed by atoms with E-state index in [0.29, 0.717) is 64.7 Å². The van der Waals surface area contributed by atoms with E-state index in [2.05, 4.69) is 166 Å². The van der Waals surface area contributed by atoms with Gasteiger partial charge in [-0.2, -0.15) is 100 Å². The predicted octanol–water partition coefficient (Wildman–Crippen LogP) is 12.7. The first-order chi connectivity index (χ1) is 51.7. The molecule has 3 unspecified atom stereocenters. The highest BCUT2D eigenvalue weighted by Crippen LogP contribution is 2.43. The van der Waals surface area contributed by atoms with Crippen molar-refractivity contribution in [2.45, 2.75) is 167 Å². The van der Waals surface area contributed by atoms with Crippen LogP contribution in [0, 0.1) is 0 Å². The van der Waals surface area contributed by atoms with Crippen molar-refractivity contribution >= 4 is 112 Å². The first-order valence-corrected chi connectivity index (χ1v) is 37.5. The van der Waals surface area contributed by atoms with E-state index in [-0.39, 0.29) is 35.5 Å². The fourth-order valence-corrected chi connectivity index (χ4v) is 12.1. The maximum Gasteiger partial charge on any atom is 0.275 e. The molecule has 41 heteroatoms. The molecule has 16 rings (SSSR count). The van der Waals surface area contributed by atoms with E-state index in [1.54, 1.807) is 94.5 Å². The van der Waals surface area contributed by atoms with Crippen LogP contribution in [-0.2, 0) is 11.5 Å². The number of methoxy groups -OCH3 is 1. The van der Waals surface area contributed by atoms with Gasteiger partial charge in [-0.15, -0.1) is 0 Å². The number of alkyl halides is 2. The Kier molecular flexibility index (Phi) is 22.8. The summed E-state index contributed by atoms with van der Waals surface area (Å²) in [7, 11) is 1.57. The Labute approximate surface area is 638 Å². The molecule has 562 valence electrons. The summed E-state index contributed by atoms with van der Waals surface area (Å²) in [4.78, 5) is 41.4. The molecule has 3 atom stereocenters. The lowest BCUT2D eigenvalue weighted by molar-refractivity contribution is 0.0176. The molecule has 4 aliphatic carbocycles. The van der Waals surface area contributed by atoms with Gasteiger partial charge in [0, 0.05) is 69.4 Å². The van der Waals surface area contributed by atoms with Crippen LogP contribution in [0.15, 0.2) is 112 Å². The Hall–Kier alpha value is -10.6. The van der Waals surface area contributed by atoms with Crippen LogP contribution < -0.4 is 42.0 Å². The third kappa shape index (κ3) is 18.1. The molecule has 12 aromatic heterocycles. The molecule has 4 aliphatic rings. The molecule has 0 amide bonds. The van der Waals surface area contributed by atoms with Crippen LogP contribution in [0.1, 0.15) is 184 Å². The molecule has 0 saturated heterocycles. The Morgan fingerprint density at radius 1 is 0.439 bits per heavy atom. The van der Waals surface area contributed by atoms with Crippen LogP contribution in [0.25, 0.3) is 0 Å². The molecule has 0 radical (unpaired) electrons. The van der Waals surface area contributed by atoms with Crippen molar-refractivity contribution in [3.8, 4) is 5.88 Å². The van der Waals surface area contributed by atoms with Crippen LogP contribution in [-0.4, -0.2) is 166 Å². The monoisotopic (exact) mass is 1660 g/mol. The van der Waals surface area contributed by atoms with Gasteiger partial charge in [-0.1, -0.05) is 0 Å². The van der Waals surface area contributed by atoms with E-state index >= 15 is 0 Å². The zero-order chi connectivity index (χ0) is 75.1. The standard InChI is InChI=1S/C18H23F2N9.2C16H20BrN9.C16H19BrN8O/c1-4-21-16-13(18(3,19)20)10-22-17(26-16)25-15-9-14(27-28(15)12-5-6-12)11(2)29-23-7-8-24-29;2*1-3-18-15-12(17)9-19-16(23-15)22-14-8-13(24-25(14)11-4-5-11)10(2)26-20-6-7-21-26;1-16(2,25-19-6-7-20-25)12-8-13(24(23-12)10-4-5-10)21-15-18-9-11(17)14(22-15)26-3/h7-12H,4-6H2,1-3H3,(H2,21,22,25,26);2*6-11H,3-5H2,1-2H3,(H2,18,19,22,23);6-10H,4-5H2,1-3H3,(H,18,21,22). The molecule has 4 fully saturated rings. The van der Waals surface area contributed by atoms with E-state index in [1.165, 1.54) is 0 Å². The van der Waals surface area contributed by atoms with Crippen molar-refractivity contribution in [1.82, 2.24) is 139 Å². The third-order valence-corrected chi connectivity index (χ3v) is 19.1. The minimum atomic E-state index is -3.04. The fourth-order valence-electron chi connectivity index (χ4n) is 11.1. The Morgan fingerprint density at radius 3 is 1.11 bits per heavy atom. The molecule has 12 heterocycles. The lowest BCUT2D eigenvalue weighted by Crippen LogP contribution is -2.30. The average molecular weight is 1660 g/mol. The molecule has 107 heavy (non-hydrogen) atoms. The molecule has 36 nitrogen and oxygen atoms in total. The predicted molar refractivity (Wildman–Crippen MR) is 405 cm³/mol. The number of halogens is 5. The van der Waals surface area contributed by atoms with E-state index in [4.69, 9.17) is 25.1 Å². The second kappa shape index (κ2) is 32.6. The summed E-state index contributed by atoms with van der Waals surface area (Å²) in [5.74, 6) is 4.12. The summed E-state index contributed by atoms with van der Waals surface area (Å²) in [5.41, 5.74) is 2.75. The number of aromatic nitrogens is 28. The SMILES string of the molecule is CCNc1nc(Nc2cc(C(C)n3nccn3)nn2C2CC2)ncc1Br.CCNc1nc(Nc2cc(C(C)n3nccn3)nn2C2CC2)ncc1Br.CCNc1nc(Nc2cc(C(C)n3nccn3)nn2C2CC2)ncc1C(C)(F)F.COc1nc(Nc2cc(C(C)(C)n3nccn3)nn2C2CC2)ncc1Br. The molecule has 0 aromatic carbocycles. The fraction of sp³-hybridized carbons (Fsp3) is 0.455. The molecule has 0 bridgehead atoms.